The second kappa shape index (κ2) is 12.0. The SMILES string of the molecule is C=CC(=O)N1CCN(c2nc(=O)n3c4nc(c(F)cc24)-c2c(F)ccc(F)c2OCCCCc2ccnc(C(C)C)c2-3)[C@@H](C)C1. The van der Waals surface area contributed by atoms with E-state index in [1.54, 1.807) is 11.1 Å². The van der Waals surface area contributed by atoms with Gasteiger partial charge in [-0.25, -0.2) is 27.5 Å². The standard InChI is InChI=1S/C33H33F3N6O3/c1-5-25(43)40-13-14-41(19(4)17-40)31-21-16-24(36)28-26-22(34)9-10-23(35)30(26)45-15-7-6-8-20-11-12-37-27(18(2)3)29(20)42(32(21)38-28)33(44)39-31/h5,9-12,16,18-19H,1,6-8,13-15,17H2,2-4H3/t19-/m0/s1. The van der Waals surface area contributed by atoms with E-state index in [-0.39, 0.29) is 41.3 Å². The zero-order valence-electron chi connectivity index (χ0n) is 25.3. The van der Waals surface area contributed by atoms with Crippen LogP contribution < -0.4 is 15.3 Å². The number of carbonyl (C=O) groups excluding carboxylic acids is 1. The smallest absolute Gasteiger partial charge is 0.355 e. The van der Waals surface area contributed by atoms with E-state index in [1.165, 1.54) is 10.6 Å². The van der Waals surface area contributed by atoms with Crippen LogP contribution in [0.3, 0.4) is 0 Å². The summed E-state index contributed by atoms with van der Waals surface area (Å²) in [5, 5.41) is 0.199. The molecule has 6 rings (SSSR count). The van der Waals surface area contributed by atoms with Crippen LogP contribution in [-0.2, 0) is 11.2 Å². The summed E-state index contributed by atoms with van der Waals surface area (Å²) in [5.41, 5.74) is 0.285. The lowest BCUT2D eigenvalue weighted by atomic mass is 10.00. The third-order valence-electron chi connectivity index (χ3n) is 8.38. The Kier molecular flexibility index (Phi) is 8.07. The normalized spacial score (nSPS) is 16.8. The van der Waals surface area contributed by atoms with Gasteiger partial charge in [-0.1, -0.05) is 20.4 Å². The molecule has 234 valence electrons. The molecular weight excluding hydrogens is 585 g/mol. The van der Waals surface area contributed by atoms with E-state index >= 15 is 13.2 Å². The van der Waals surface area contributed by atoms with Gasteiger partial charge in [0.2, 0.25) is 5.91 Å². The zero-order chi connectivity index (χ0) is 32.0. The largest absolute Gasteiger partial charge is 0.490 e. The number of piperazine rings is 1. The summed E-state index contributed by atoms with van der Waals surface area (Å²) < 4.78 is 53.8. The number of amides is 1. The van der Waals surface area contributed by atoms with E-state index in [0.717, 1.165) is 23.8 Å². The molecule has 1 fully saturated rings. The number of ether oxygens (including phenoxy) is 1. The molecule has 0 saturated carbocycles. The Morgan fingerprint density at radius 3 is 2.60 bits per heavy atom. The molecule has 0 spiro atoms. The van der Waals surface area contributed by atoms with Gasteiger partial charge in [-0.3, -0.25) is 9.78 Å². The van der Waals surface area contributed by atoms with Crippen LogP contribution in [0.1, 0.15) is 50.8 Å². The van der Waals surface area contributed by atoms with Crippen LogP contribution in [0.15, 0.2) is 47.9 Å². The molecule has 2 bridgehead atoms. The number of rotatable bonds is 3. The molecule has 1 atom stereocenters. The highest BCUT2D eigenvalue weighted by Crippen LogP contribution is 2.39. The minimum atomic E-state index is -0.941. The van der Waals surface area contributed by atoms with E-state index in [0.29, 0.717) is 50.3 Å². The molecule has 2 aliphatic heterocycles. The summed E-state index contributed by atoms with van der Waals surface area (Å²) in [7, 11) is 0. The predicted molar refractivity (Wildman–Crippen MR) is 164 cm³/mol. The maximum Gasteiger partial charge on any atom is 0.355 e. The van der Waals surface area contributed by atoms with E-state index in [1.807, 2.05) is 31.7 Å². The number of nitrogens with zero attached hydrogens (tertiary/aromatic N) is 6. The molecule has 1 saturated heterocycles. The number of hydrogen-bond donors (Lipinski definition) is 0. The number of pyridine rings is 2. The first-order valence-electron chi connectivity index (χ1n) is 15.0. The molecule has 1 aromatic carbocycles. The lowest BCUT2D eigenvalue weighted by Crippen LogP contribution is -2.54. The average Bonchev–Trinajstić information content (AvgIpc) is 3.02. The fourth-order valence-electron chi connectivity index (χ4n) is 6.18. The van der Waals surface area contributed by atoms with Crippen molar-refractivity contribution in [3.8, 4) is 22.7 Å². The molecule has 3 aromatic heterocycles. The Labute approximate surface area is 258 Å². The number of fused-ring (bicyclic) bond motifs is 5. The molecule has 4 aromatic rings. The van der Waals surface area contributed by atoms with Crippen LogP contribution in [0, 0.1) is 17.5 Å². The van der Waals surface area contributed by atoms with Crippen LogP contribution in [0.25, 0.3) is 28.0 Å². The minimum absolute atomic E-state index is 0.0169. The Morgan fingerprint density at radius 2 is 1.87 bits per heavy atom. The molecule has 0 unspecified atom stereocenters. The molecule has 1 amide bonds. The van der Waals surface area contributed by atoms with Crippen molar-refractivity contribution < 1.29 is 22.7 Å². The Balaban J connectivity index is 1.69. The quantitative estimate of drug-likeness (QED) is 0.287. The van der Waals surface area contributed by atoms with Gasteiger partial charge in [-0.2, -0.15) is 4.98 Å². The van der Waals surface area contributed by atoms with Crippen LogP contribution in [-0.4, -0.2) is 62.6 Å². The summed E-state index contributed by atoms with van der Waals surface area (Å²) in [5.74, 6) is -3.31. The Bertz CT molecular complexity index is 1890. The van der Waals surface area contributed by atoms with E-state index in [2.05, 4.69) is 21.5 Å². The Hall–Kier alpha value is -4.74. The van der Waals surface area contributed by atoms with Crippen molar-refractivity contribution in [3.63, 3.8) is 0 Å². The third-order valence-corrected chi connectivity index (χ3v) is 8.38. The highest BCUT2D eigenvalue weighted by atomic mass is 19.1. The fraction of sp³-hybridized carbons (Fsp3) is 0.364. The maximum absolute atomic E-state index is 16.2. The van der Waals surface area contributed by atoms with Gasteiger partial charge in [0, 0.05) is 31.9 Å². The van der Waals surface area contributed by atoms with E-state index in [4.69, 9.17) is 4.74 Å². The predicted octanol–water partition coefficient (Wildman–Crippen LogP) is 5.32. The number of halogens is 3. The highest BCUT2D eigenvalue weighted by molar-refractivity contribution is 5.91. The molecule has 0 radical (unpaired) electrons. The lowest BCUT2D eigenvalue weighted by molar-refractivity contribution is -0.126. The van der Waals surface area contributed by atoms with Crippen molar-refractivity contribution in [3.05, 3.63) is 82.3 Å². The lowest BCUT2D eigenvalue weighted by Gasteiger charge is -2.40. The van der Waals surface area contributed by atoms with Crippen LogP contribution >= 0.6 is 0 Å². The van der Waals surface area contributed by atoms with Crippen molar-refractivity contribution in [1.82, 2.24) is 24.4 Å². The zero-order valence-corrected chi connectivity index (χ0v) is 25.3. The monoisotopic (exact) mass is 618 g/mol. The van der Waals surface area contributed by atoms with Gasteiger partial charge in [-0.15, -0.1) is 0 Å². The van der Waals surface area contributed by atoms with Gasteiger partial charge in [0.1, 0.15) is 17.3 Å². The molecule has 12 heteroatoms. The second-order valence-corrected chi connectivity index (χ2v) is 11.7. The van der Waals surface area contributed by atoms with Crippen molar-refractivity contribution in [2.45, 2.75) is 52.0 Å². The number of anilines is 1. The maximum atomic E-state index is 16.2. The summed E-state index contributed by atoms with van der Waals surface area (Å²) in [6.07, 6.45) is 4.55. The number of hydrogen-bond acceptors (Lipinski definition) is 7. The molecule has 45 heavy (non-hydrogen) atoms. The molecule has 2 aliphatic rings. The average molecular weight is 619 g/mol. The first-order valence-corrected chi connectivity index (χ1v) is 15.0. The van der Waals surface area contributed by atoms with Gasteiger partial charge in [0.25, 0.3) is 0 Å². The molecule has 0 aliphatic carbocycles. The number of aromatic nitrogens is 4. The van der Waals surface area contributed by atoms with Crippen LogP contribution in [0.2, 0.25) is 0 Å². The third kappa shape index (κ3) is 5.32. The van der Waals surface area contributed by atoms with E-state index in [9.17, 15) is 9.59 Å². The number of aryl methyl sites for hydroxylation is 1. The molecular formula is C33H33F3N6O3. The van der Waals surface area contributed by atoms with Crippen molar-refractivity contribution in [1.29, 1.82) is 0 Å². The molecule has 0 N–H and O–H groups in total. The topological polar surface area (TPSA) is 93.5 Å². The van der Waals surface area contributed by atoms with Gasteiger partial charge >= 0.3 is 5.69 Å². The molecule has 9 nitrogen and oxygen atoms in total. The van der Waals surface area contributed by atoms with Crippen molar-refractivity contribution in [2.24, 2.45) is 0 Å². The van der Waals surface area contributed by atoms with Crippen molar-refractivity contribution >= 4 is 22.8 Å². The highest BCUT2D eigenvalue weighted by Gasteiger charge is 2.32. The first kappa shape index (κ1) is 30.3. The first-order chi connectivity index (χ1) is 21.6. The van der Waals surface area contributed by atoms with Gasteiger partial charge in [0.15, 0.2) is 23.0 Å². The van der Waals surface area contributed by atoms with E-state index < -0.39 is 40.1 Å². The van der Waals surface area contributed by atoms with Gasteiger partial charge < -0.3 is 14.5 Å². The molecule has 5 heterocycles. The summed E-state index contributed by atoms with van der Waals surface area (Å²) in [6, 6.07) is 4.50. The van der Waals surface area contributed by atoms with Crippen LogP contribution in [0.5, 0.6) is 5.75 Å². The summed E-state index contributed by atoms with van der Waals surface area (Å²) >= 11 is 0. The summed E-state index contributed by atoms with van der Waals surface area (Å²) in [6.45, 7) is 10.4. The van der Waals surface area contributed by atoms with Gasteiger partial charge in [0.05, 0.1) is 28.9 Å². The van der Waals surface area contributed by atoms with Crippen molar-refractivity contribution in [2.75, 3.05) is 31.1 Å². The van der Waals surface area contributed by atoms with Gasteiger partial charge in [-0.05, 0) is 68.0 Å². The summed E-state index contributed by atoms with van der Waals surface area (Å²) in [4.78, 5) is 43.6. The Morgan fingerprint density at radius 1 is 1.09 bits per heavy atom. The minimum Gasteiger partial charge on any atom is -0.490 e. The fourth-order valence-corrected chi connectivity index (χ4v) is 6.18. The second-order valence-electron chi connectivity index (χ2n) is 11.7. The number of benzene rings is 1. The number of carbonyl (C=O) groups is 1. The van der Waals surface area contributed by atoms with Crippen LogP contribution in [0.4, 0.5) is 19.0 Å².